The Balaban J connectivity index is 1.90. The second-order valence-corrected chi connectivity index (χ2v) is 5.22. The molecule has 0 saturated carbocycles. The summed E-state index contributed by atoms with van der Waals surface area (Å²) in [6, 6.07) is 5.68. The van der Waals surface area contributed by atoms with Crippen LogP contribution in [-0.2, 0) is 9.59 Å². The predicted octanol–water partition coefficient (Wildman–Crippen LogP) is 1.32. The van der Waals surface area contributed by atoms with Crippen LogP contribution in [0.25, 0.3) is 0 Å². The van der Waals surface area contributed by atoms with E-state index < -0.39 is 11.9 Å². The van der Waals surface area contributed by atoms with Crippen molar-refractivity contribution in [3.63, 3.8) is 0 Å². The van der Waals surface area contributed by atoms with Gasteiger partial charge in [0.15, 0.2) is 6.10 Å². The number of hydrogen-bond acceptors (Lipinski definition) is 3. The Kier molecular flexibility index (Phi) is 4.77. The van der Waals surface area contributed by atoms with Gasteiger partial charge in [-0.2, -0.15) is 0 Å². The summed E-state index contributed by atoms with van der Waals surface area (Å²) < 4.78 is 18.5. The van der Waals surface area contributed by atoms with Gasteiger partial charge in [-0.3, -0.25) is 9.59 Å². The minimum absolute atomic E-state index is 0.159. The van der Waals surface area contributed by atoms with E-state index >= 15 is 0 Å². The van der Waals surface area contributed by atoms with Crippen LogP contribution < -0.4 is 10.5 Å². The number of benzene rings is 1. The van der Waals surface area contributed by atoms with E-state index in [-0.39, 0.29) is 17.7 Å². The van der Waals surface area contributed by atoms with Gasteiger partial charge in [0, 0.05) is 25.1 Å². The number of nitrogens with zero attached hydrogens (tertiary/aromatic N) is 1. The van der Waals surface area contributed by atoms with Crippen LogP contribution in [0.5, 0.6) is 5.75 Å². The Morgan fingerprint density at radius 2 is 2.05 bits per heavy atom. The molecule has 2 rings (SSSR count). The minimum atomic E-state index is -0.697. The first-order valence-corrected chi connectivity index (χ1v) is 6.97. The van der Waals surface area contributed by atoms with Crippen molar-refractivity contribution >= 4 is 11.8 Å². The second kappa shape index (κ2) is 6.56. The summed E-state index contributed by atoms with van der Waals surface area (Å²) in [5, 5.41) is 0. The standard InChI is InChI=1S/C15H19FN2O3/c1-10(21-13-4-2-3-12(16)9-13)15(20)18-7-5-11(6-8-18)14(17)19/h2-4,9-11H,5-8H2,1H3,(H2,17,19)/t10-/m0/s1. The lowest BCUT2D eigenvalue weighted by molar-refractivity contribution is -0.140. The molecule has 21 heavy (non-hydrogen) atoms. The lowest BCUT2D eigenvalue weighted by atomic mass is 9.96. The van der Waals surface area contributed by atoms with Crippen LogP contribution in [0.1, 0.15) is 19.8 Å². The van der Waals surface area contributed by atoms with Crippen LogP contribution in [-0.4, -0.2) is 35.9 Å². The highest BCUT2D eigenvalue weighted by molar-refractivity contribution is 5.82. The van der Waals surface area contributed by atoms with Crippen molar-refractivity contribution in [3.05, 3.63) is 30.1 Å². The Hall–Kier alpha value is -2.11. The molecule has 1 saturated heterocycles. The van der Waals surface area contributed by atoms with E-state index in [4.69, 9.17) is 10.5 Å². The summed E-state index contributed by atoms with van der Waals surface area (Å²) >= 11 is 0. The van der Waals surface area contributed by atoms with Gasteiger partial charge in [-0.25, -0.2) is 4.39 Å². The summed E-state index contributed by atoms with van der Waals surface area (Å²) in [5.74, 6) is -0.723. The fourth-order valence-electron chi connectivity index (χ4n) is 2.44. The predicted molar refractivity (Wildman–Crippen MR) is 75.0 cm³/mol. The average Bonchev–Trinajstić information content (AvgIpc) is 2.46. The third-order valence-corrected chi connectivity index (χ3v) is 3.67. The van der Waals surface area contributed by atoms with Crippen molar-refractivity contribution in [2.24, 2.45) is 11.7 Å². The molecule has 1 aliphatic heterocycles. The van der Waals surface area contributed by atoms with Gasteiger partial charge in [0.1, 0.15) is 11.6 Å². The van der Waals surface area contributed by atoms with Gasteiger partial charge in [-0.05, 0) is 31.9 Å². The van der Waals surface area contributed by atoms with Crippen molar-refractivity contribution in [1.29, 1.82) is 0 Å². The molecule has 6 heteroatoms. The topological polar surface area (TPSA) is 72.6 Å². The summed E-state index contributed by atoms with van der Waals surface area (Å²) in [4.78, 5) is 25.0. The Morgan fingerprint density at radius 3 is 2.62 bits per heavy atom. The van der Waals surface area contributed by atoms with Gasteiger partial charge in [0.05, 0.1) is 0 Å². The van der Waals surface area contributed by atoms with Gasteiger partial charge in [-0.1, -0.05) is 6.07 Å². The molecular weight excluding hydrogens is 275 g/mol. The molecule has 0 bridgehead atoms. The number of primary amides is 1. The van der Waals surface area contributed by atoms with Gasteiger partial charge in [0.2, 0.25) is 5.91 Å². The van der Waals surface area contributed by atoms with Gasteiger partial charge in [-0.15, -0.1) is 0 Å². The van der Waals surface area contributed by atoms with E-state index in [2.05, 4.69) is 0 Å². The maximum atomic E-state index is 13.1. The second-order valence-electron chi connectivity index (χ2n) is 5.22. The third-order valence-electron chi connectivity index (χ3n) is 3.67. The highest BCUT2D eigenvalue weighted by atomic mass is 19.1. The van der Waals surface area contributed by atoms with Crippen LogP contribution in [0.3, 0.4) is 0 Å². The SMILES string of the molecule is C[C@H](Oc1cccc(F)c1)C(=O)N1CCC(C(N)=O)CC1. The number of carbonyl (C=O) groups is 2. The maximum Gasteiger partial charge on any atom is 0.263 e. The summed E-state index contributed by atoms with van der Waals surface area (Å²) in [6.45, 7) is 2.61. The van der Waals surface area contributed by atoms with Crippen LogP contribution in [0, 0.1) is 11.7 Å². The lowest BCUT2D eigenvalue weighted by Gasteiger charge is -2.32. The first-order chi connectivity index (χ1) is 9.97. The summed E-state index contributed by atoms with van der Waals surface area (Å²) in [7, 11) is 0. The zero-order valence-electron chi connectivity index (χ0n) is 11.9. The molecule has 1 aliphatic rings. The highest BCUT2D eigenvalue weighted by Crippen LogP contribution is 2.19. The molecule has 0 spiro atoms. The molecule has 114 valence electrons. The van der Waals surface area contributed by atoms with E-state index in [0.29, 0.717) is 31.7 Å². The zero-order valence-corrected chi connectivity index (χ0v) is 11.9. The van der Waals surface area contributed by atoms with E-state index in [0.717, 1.165) is 0 Å². The molecule has 0 radical (unpaired) electrons. The lowest BCUT2D eigenvalue weighted by Crippen LogP contribution is -2.46. The molecule has 0 aliphatic carbocycles. The number of carbonyl (C=O) groups excluding carboxylic acids is 2. The van der Waals surface area contributed by atoms with E-state index in [1.54, 1.807) is 17.9 Å². The highest BCUT2D eigenvalue weighted by Gasteiger charge is 2.29. The normalized spacial score (nSPS) is 17.3. The molecule has 0 unspecified atom stereocenters. The number of ether oxygens (including phenoxy) is 1. The number of halogens is 1. The van der Waals surface area contributed by atoms with Crippen molar-refractivity contribution in [3.8, 4) is 5.75 Å². The maximum absolute atomic E-state index is 13.1. The third kappa shape index (κ3) is 3.93. The number of likely N-dealkylation sites (tertiary alicyclic amines) is 1. The smallest absolute Gasteiger partial charge is 0.263 e. The van der Waals surface area contributed by atoms with Crippen LogP contribution in [0.15, 0.2) is 24.3 Å². The molecule has 1 aromatic carbocycles. The number of piperidine rings is 1. The first kappa shape index (κ1) is 15.3. The fourth-order valence-corrected chi connectivity index (χ4v) is 2.44. The Morgan fingerprint density at radius 1 is 1.38 bits per heavy atom. The molecule has 1 fully saturated rings. The quantitative estimate of drug-likeness (QED) is 0.910. The molecule has 2 N–H and O–H groups in total. The van der Waals surface area contributed by atoms with E-state index in [9.17, 15) is 14.0 Å². The number of hydrogen-bond donors (Lipinski definition) is 1. The Labute approximate surface area is 122 Å². The first-order valence-electron chi connectivity index (χ1n) is 6.97. The Bertz CT molecular complexity index is 527. The number of nitrogens with two attached hydrogens (primary N) is 1. The van der Waals surface area contributed by atoms with Gasteiger partial charge in [0.25, 0.3) is 5.91 Å². The van der Waals surface area contributed by atoms with Crippen molar-refractivity contribution in [2.45, 2.75) is 25.9 Å². The largest absolute Gasteiger partial charge is 0.481 e. The van der Waals surface area contributed by atoms with Crippen molar-refractivity contribution in [2.75, 3.05) is 13.1 Å². The van der Waals surface area contributed by atoms with Gasteiger partial charge < -0.3 is 15.4 Å². The summed E-state index contributed by atoms with van der Waals surface area (Å²) in [5.41, 5.74) is 5.26. The monoisotopic (exact) mass is 294 g/mol. The minimum Gasteiger partial charge on any atom is -0.481 e. The van der Waals surface area contributed by atoms with Crippen LogP contribution >= 0.6 is 0 Å². The van der Waals surface area contributed by atoms with E-state index in [1.165, 1.54) is 18.2 Å². The van der Waals surface area contributed by atoms with Crippen LogP contribution in [0.2, 0.25) is 0 Å². The van der Waals surface area contributed by atoms with Gasteiger partial charge >= 0.3 is 0 Å². The number of amides is 2. The zero-order chi connectivity index (χ0) is 15.4. The summed E-state index contributed by atoms with van der Waals surface area (Å²) in [6.07, 6.45) is 0.457. The molecule has 1 heterocycles. The van der Waals surface area contributed by atoms with Crippen LogP contribution in [0.4, 0.5) is 4.39 Å². The molecule has 2 amide bonds. The van der Waals surface area contributed by atoms with E-state index in [1.807, 2.05) is 0 Å². The molecule has 5 nitrogen and oxygen atoms in total. The molecule has 1 atom stereocenters. The molecular formula is C15H19FN2O3. The van der Waals surface area contributed by atoms with Crippen molar-refractivity contribution in [1.82, 2.24) is 4.90 Å². The molecule has 0 aromatic heterocycles. The fraction of sp³-hybridized carbons (Fsp3) is 0.467. The molecule has 1 aromatic rings. The number of rotatable bonds is 4. The van der Waals surface area contributed by atoms with Crippen molar-refractivity contribution < 1.29 is 18.7 Å². The average molecular weight is 294 g/mol.